The van der Waals surface area contributed by atoms with E-state index in [1.165, 1.54) is 24.3 Å². The highest BCUT2D eigenvalue weighted by Crippen LogP contribution is 2.32. The van der Waals surface area contributed by atoms with Gasteiger partial charge in [-0.15, -0.1) is 0 Å². The largest absolute Gasteiger partial charge is 0.454 e. The molecule has 1 heterocycles. The zero-order valence-electron chi connectivity index (χ0n) is 14.0. The number of non-ortho nitro benzene ring substituents is 1. The molecular formula is C18H17N3O5. The van der Waals surface area contributed by atoms with Crippen molar-refractivity contribution < 1.29 is 19.2 Å². The lowest BCUT2D eigenvalue weighted by atomic mass is 10.1. The third kappa shape index (κ3) is 4.10. The predicted molar refractivity (Wildman–Crippen MR) is 93.7 cm³/mol. The Hall–Kier alpha value is -3.55. The Balaban J connectivity index is 1.55. The summed E-state index contributed by atoms with van der Waals surface area (Å²) in [4.78, 5) is 22.3. The smallest absolute Gasteiger partial charge is 0.270 e. The van der Waals surface area contributed by atoms with Crippen LogP contribution in [0.3, 0.4) is 0 Å². The summed E-state index contributed by atoms with van der Waals surface area (Å²) in [6.07, 6.45) is 2.55. The van der Waals surface area contributed by atoms with E-state index in [4.69, 9.17) is 9.47 Å². The van der Waals surface area contributed by atoms with Gasteiger partial charge in [-0.05, 0) is 37.1 Å². The molecule has 1 amide bonds. The minimum Gasteiger partial charge on any atom is -0.454 e. The molecule has 134 valence electrons. The van der Waals surface area contributed by atoms with Crippen LogP contribution in [0.1, 0.15) is 22.8 Å². The highest BCUT2D eigenvalue weighted by atomic mass is 16.7. The second-order valence-electron chi connectivity index (χ2n) is 5.67. The molecule has 26 heavy (non-hydrogen) atoms. The number of hydrogen-bond donors (Lipinski definition) is 2. The first-order chi connectivity index (χ1) is 12.5. The number of nitro benzene ring substituents is 1. The maximum absolute atomic E-state index is 12.1. The average Bonchev–Trinajstić information content (AvgIpc) is 3.12. The van der Waals surface area contributed by atoms with Gasteiger partial charge in [-0.2, -0.15) is 0 Å². The summed E-state index contributed by atoms with van der Waals surface area (Å²) in [7, 11) is 0. The first-order valence-corrected chi connectivity index (χ1v) is 7.89. The van der Waals surface area contributed by atoms with E-state index in [-0.39, 0.29) is 18.0 Å². The number of amides is 1. The van der Waals surface area contributed by atoms with E-state index in [1.54, 1.807) is 6.92 Å². The molecule has 0 radical (unpaired) electrons. The number of carbonyl (C=O) groups excluding carboxylic acids is 1. The zero-order chi connectivity index (χ0) is 18.5. The molecule has 3 rings (SSSR count). The van der Waals surface area contributed by atoms with Crippen molar-refractivity contribution in [1.29, 1.82) is 0 Å². The van der Waals surface area contributed by atoms with Gasteiger partial charge >= 0.3 is 0 Å². The van der Waals surface area contributed by atoms with Crippen LogP contribution in [0.2, 0.25) is 0 Å². The molecule has 0 fully saturated rings. The first-order valence-electron chi connectivity index (χ1n) is 7.89. The normalized spacial score (nSPS) is 12.6. The topological polar surface area (TPSA) is 103 Å². The van der Waals surface area contributed by atoms with Gasteiger partial charge < -0.3 is 14.9 Å². The van der Waals surface area contributed by atoms with Crippen LogP contribution in [0, 0.1) is 10.1 Å². The number of nitrogens with zero attached hydrogens (tertiary/aromatic N) is 1. The van der Waals surface area contributed by atoms with Crippen molar-refractivity contribution in [2.24, 2.45) is 0 Å². The number of allylic oxidation sites excluding steroid dienone is 2. The summed E-state index contributed by atoms with van der Waals surface area (Å²) in [6, 6.07) is 11.2. The summed E-state index contributed by atoms with van der Waals surface area (Å²) in [6.45, 7) is 2.04. The highest BCUT2D eigenvalue weighted by molar-refractivity contribution is 5.94. The monoisotopic (exact) mass is 355 g/mol. The van der Waals surface area contributed by atoms with Gasteiger partial charge in [0.05, 0.1) is 4.92 Å². The van der Waals surface area contributed by atoms with Gasteiger partial charge in [0, 0.05) is 23.4 Å². The molecular weight excluding hydrogens is 338 g/mol. The fraction of sp³-hybridized carbons (Fsp3) is 0.167. The summed E-state index contributed by atoms with van der Waals surface area (Å²) in [5, 5.41) is 10.8. The minimum absolute atomic E-state index is 0.132. The van der Waals surface area contributed by atoms with Crippen LogP contribution >= 0.6 is 0 Å². The Kier molecular flexibility index (Phi) is 5.02. The molecule has 0 bridgehead atoms. The van der Waals surface area contributed by atoms with Crippen LogP contribution in [0.25, 0.3) is 0 Å². The van der Waals surface area contributed by atoms with Crippen LogP contribution in [-0.4, -0.2) is 17.6 Å². The Morgan fingerprint density at radius 3 is 2.81 bits per heavy atom. The number of ether oxygens (including phenoxy) is 2. The van der Waals surface area contributed by atoms with Gasteiger partial charge in [0.15, 0.2) is 11.5 Å². The zero-order valence-corrected chi connectivity index (χ0v) is 14.0. The number of rotatable bonds is 6. The number of fused-ring (bicyclic) bond motifs is 1. The SMILES string of the molecule is C/C(=C/Cc1ccc2c(c1)OCO2)NNC(=O)c1cccc([N+](=O)[O-])c1. The van der Waals surface area contributed by atoms with Crippen molar-refractivity contribution in [2.45, 2.75) is 13.3 Å². The van der Waals surface area contributed by atoms with E-state index >= 15 is 0 Å². The summed E-state index contributed by atoms with van der Waals surface area (Å²) in [5.74, 6) is 1.00. The van der Waals surface area contributed by atoms with Gasteiger partial charge in [0.25, 0.3) is 11.6 Å². The molecule has 8 nitrogen and oxygen atoms in total. The maximum Gasteiger partial charge on any atom is 0.270 e. The maximum atomic E-state index is 12.1. The molecule has 0 spiro atoms. The summed E-state index contributed by atoms with van der Waals surface area (Å²) < 4.78 is 10.6. The van der Waals surface area contributed by atoms with Crippen LogP contribution in [0.5, 0.6) is 11.5 Å². The Labute approximate surface area is 149 Å². The van der Waals surface area contributed by atoms with Gasteiger partial charge in [0.2, 0.25) is 6.79 Å². The number of nitrogens with one attached hydrogen (secondary N) is 2. The van der Waals surface area contributed by atoms with Gasteiger partial charge in [-0.3, -0.25) is 20.3 Å². The van der Waals surface area contributed by atoms with Gasteiger partial charge in [0.1, 0.15) is 0 Å². The van der Waals surface area contributed by atoms with E-state index in [0.29, 0.717) is 6.42 Å². The lowest BCUT2D eigenvalue weighted by Crippen LogP contribution is -2.36. The van der Waals surface area contributed by atoms with E-state index < -0.39 is 10.8 Å². The van der Waals surface area contributed by atoms with Crippen molar-refractivity contribution in [3.8, 4) is 11.5 Å². The third-order valence-electron chi connectivity index (χ3n) is 3.77. The molecule has 1 aliphatic rings. The lowest BCUT2D eigenvalue weighted by molar-refractivity contribution is -0.384. The number of hydrazine groups is 1. The van der Waals surface area contributed by atoms with Crippen molar-refractivity contribution in [3.05, 3.63) is 75.5 Å². The molecule has 2 N–H and O–H groups in total. The van der Waals surface area contributed by atoms with Gasteiger partial charge in [-0.1, -0.05) is 18.2 Å². The van der Waals surface area contributed by atoms with Crippen molar-refractivity contribution >= 4 is 11.6 Å². The van der Waals surface area contributed by atoms with Crippen LogP contribution in [0.15, 0.2) is 54.2 Å². The second-order valence-corrected chi connectivity index (χ2v) is 5.67. The molecule has 0 aromatic heterocycles. The molecule has 0 atom stereocenters. The number of carbonyl (C=O) groups is 1. The molecule has 0 unspecified atom stereocenters. The average molecular weight is 355 g/mol. The van der Waals surface area contributed by atoms with E-state index in [1.807, 2.05) is 24.3 Å². The van der Waals surface area contributed by atoms with E-state index in [2.05, 4.69) is 10.9 Å². The number of nitro groups is 1. The molecule has 0 aliphatic carbocycles. The highest BCUT2D eigenvalue weighted by Gasteiger charge is 2.13. The second kappa shape index (κ2) is 7.56. The van der Waals surface area contributed by atoms with E-state index in [0.717, 1.165) is 22.8 Å². The Bertz CT molecular complexity index is 879. The van der Waals surface area contributed by atoms with E-state index in [9.17, 15) is 14.9 Å². The first kappa shape index (κ1) is 17.3. The van der Waals surface area contributed by atoms with Crippen LogP contribution < -0.4 is 20.3 Å². The summed E-state index contributed by atoms with van der Waals surface area (Å²) in [5.41, 5.74) is 7.16. The number of benzene rings is 2. The number of hydrogen-bond acceptors (Lipinski definition) is 6. The fourth-order valence-corrected chi connectivity index (χ4v) is 2.38. The van der Waals surface area contributed by atoms with Gasteiger partial charge in [-0.25, -0.2) is 0 Å². The van der Waals surface area contributed by atoms with Crippen molar-refractivity contribution in [2.75, 3.05) is 6.79 Å². The summed E-state index contributed by atoms with van der Waals surface area (Å²) >= 11 is 0. The third-order valence-corrected chi connectivity index (χ3v) is 3.77. The molecule has 2 aromatic rings. The van der Waals surface area contributed by atoms with Crippen molar-refractivity contribution in [1.82, 2.24) is 10.9 Å². The lowest BCUT2D eigenvalue weighted by Gasteiger charge is -2.09. The quantitative estimate of drug-likeness (QED) is 0.610. The molecule has 2 aromatic carbocycles. The van der Waals surface area contributed by atoms with Crippen LogP contribution in [-0.2, 0) is 6.42 Å². The van der Waals surface area contributed by atoms with Crippen molar-refractivity contribution in [3.63, 3.8) is 0 Å². The molecule has 0 saturated heterocycles. The predicted octanol–water partition coefficient (Wildman–Crippen LogP) is 2.70. The van der Waals surface area contributed by atoms with Crippen LogP contribution in [0.4, 0.5) is 5.69 Å². The Morgan fingerprint density at radius 1 is 1.19 bits per heavy atom. The molecule has 8 heteroatoms. The standard InChI is InChI=1S/C18H17N3O5/c1-12(5-6-13-7-8-16-17(9-13)26-11-25-16)19-20-18(22)14-3-2-4-15(10-14)21(23)24/h2-5,7-10,19H,6,11H2,1H3,(H,20,22)/b12-5-. The fourth-order valence-electron chi connectivity index (χ4n) is 2.38. The molecule has 1 aliphatic heterocycles. The molecule has 0 saturated carbocycles. The minimum atomic E-state index is -0.541. The Morgan fingerprint density at radius 2 is 2.00 bits per heavy atom.